The SMILES string of the molecule is COc1cccc(OC)c1-n1c(NS(=O)(=O)[C@@H](C)[C@@H](OC(C)C)c2ncc(C)cn2)nnc1[C@@H]1CCC[C@@H]1OC. The van der Waals surface area contributed by atoms with Crippen LogP contribution in [0.4, 0.5) is 5.95 Å². The fourth-order valence-electron chi connectivity index (χ4n) is 4.99. The highest BCUT2D eigenvalue weighted by atomic mass is 32.2. The molecule has 0 amide bonds. The Kier molecular flexibility index (Phi) is 9.26. The molecule has 0 unspecified atom stereocenters. The average Bonchev–Trinajstić information content (AvgIpc) is 3.57. The van der Waals surface area contributed by atoms with Crippen LogP contribution in [0, 0.1) is 6.92 Å². The van der Waals surface area contributed by atoms with Crippen LogP contribution in [0.2, 0.25) is 0 Å². The van der Waals surface area contributed by atoms with Gasteiger partial charge in [0.05, 0.1) is 26.4 Å². The van der Waals surface area contributed by atoms with Crippen molar-refractivity contribution >= 4 is 16.0 Å². The zero-order chi connectivity index (χ0) is 29.0. The van der Waals surface area contributed by atoms with E-state index in [-0.39, 0.29) is 29.9 Å². The quantitative estimate of drug-likeness (QED) is 0.338. The predicted molar refractivity (Wildman–Crippen MR) is 150 cm³/mol. The first-order valence-corrected chi connectivity index (χ1v) is 14.8. The Bertz CT molecular complexity index is 1370. The summed E-state index contributed by atoms with van der Waals surface area (Å²) in [6.45, 7) is 7.08. The van der Waals surface area contributed by atoms with Gasteiger partial charge >= 0.3 is 0 Å². The van der Waals surface area contributed by atoms with Crippen LogP contribution in [0.3, 0.4) is 0 Å². The molecule has 1 aliphatic rings. The van der Waals surface area contributed by atoms with Crippen LogP contribution < -0.4 is 14.2 Å². The van der Waals surface area contributed by atoms with Crippen molar-refractivity contribution in [3.8, 4) is 17.2 Å². The number of ether oxygens (including phenoxy) is 4. The minimum atomic E-state index is -4.11. The third-order valence-corrected chi connectivity index (χ3v) is 8.72. The molecule has 1 N–H and O–H groups in total. The summed E-state index contributed by atoms with van der Waals surface area (Å²) in [5, 5.41) is 7.70. The van der Waals surface area contributed by atoms with E-state index in [0.717, 1.165) is 24.8 Å². The highest BCUT2D eigenvalue weighted by Crippen LogP contribution is 2.42. The highest BCUT2D eigenvalue weighted by molar-refractivity contribution is 7.93. The van der Waals surface area contributed by atoms with Crippen LogP contribution in [0.15, 0.2) is 30.6 Å². The van der Waals surface area contributed by atoms with Gasteiger partial charge in [-0.3, -0.25) is 9.29 Å². The van der Waals surface area contributed by atoms with Gasteiger partial charge in [0.25, 0.3) is 0 Å². The Morgan fingerprint density at radius 1 is 1.00 bits per heavy atom. The third-order valence-electron chi connectivity index (χ3n) is 7.02. The molecule has 218 valence electrons. The van der Waals surface area contributed by atoms with Crippen LogP contribution in [0.5, 0.6) is 11.5 Å². The predicted octanol–water partition coefficient (Wildman–Crippen LogP) is 3.96. The molecule has 0 spiro atoms. The van der Waals surface area contributed by atoms with E-state index in [1.807, 2.05) is 20.8 Å². The first kappa shape index (κ1) is 29.7. The molecule has 1 aromatic carbocycles. The van der Waals surface area contributed by atoms with Crippen LogP contribution in [-0.2, 0) is 19.5 Å². The van der Waals surface area contributed by atoms with Crippen LogP contribution in [0.25, 0.3) is 5.69 Å². The maximum Gasteiger partial charge on any atom is 0.243 e. The number of nitrogens with zero attached hydrogens (tertiary/aromatic N) is 5. The molecule has 0 saturated heterocycles. The molecule has 1 saturated carbocycles. The normalized spacial score (nSPS) is 19.0. The number of hydrogen-bond acceptors (Lipinski definition) is 10. The number of nitrogens with one attached hydrogen (secondary N) is 1. The van der Waals surface area contributed by atoms with Gasteiger partial charge in [0.15, 0.2) is 5.82 Å². The summed E-state index contributed by atoms with van der Waals surface area (Å²) in [6.07, 6.45) is 4.60. The van der Waals surface area contributed by atoms with Gasteiger partial charge < -0.3 is 18.9 Å². The zero-order valence-corrected chi connectivity index (χ0v) is 24.8. The fraction of sp³-hybridized carbons (Fsp3) is 0.556. The molecule has 0 bridgehead atoms. The first-order valence-electron chi connectivity index (χ1n) is 13.3. The molecule has 4 atom stereocenters. The Labute approximate surface area is 235 Å². The van der Waals surface area contributed by atoms with Crippen molar-refractivity contribution in [3.63, 3.8) is 0 Å². The monoisotopic (exact) mass is 574 g/mol. The summed E-state index contributed by atoms with van der Waals surface area (Å²) < 4.78 is 55.2. The fourth-order valence-corrected chi connectivity index (χ4v) is 6.07. The van der Waals surface area contributed by atoms with Crippen molar-refractivity contribution in [2.75, 3.05) is 26.1 Å². The molecule has 40 heavy (non-hydrogen) atoms. The van der Waals surface area contributed by atoms with Crippen molar-refractivity contribution in [1.29, 1.82) is 0 Å². The van der Waals surface area contributed by atoms with Gasteiger partial charge in [-0.05, 0) is 58.2 Å². The standard InChI is InChI=1S/C27H38N6O6S/c1-16(2)39-24(25-28-14-17(3)15-29-25)18(4)40(34,35)32-27-31-30-26(19-10-8-11-20(19)36-5)33(27)23-21(37-6)12-9-13-22(23)38-7/h9,12-16,18-20,24H,8,10-11H2,1-7H3,(H,31,32)/t18-,19+,20-,24+/m0/s1. The van der Waals surface area contributed by atoms with Crippen LogP contribution in [0.1, 0.15) is 69.3 Å². The van der Waals surface area contributed by atoms with Gasteiger partial charge in [-0.2, -0.15) is 0 Å². The first-order chi connectivity index (χ1) is 19.1. The van der Waals surface area contributed by atoms with Gasteiger partial charge in [0.2, 0.25) is 16.0 Å². The maximum absolute atomic E-state index is 13.9. The van der Waals surface area contributed by atoms with Crippen molar-refractivity contribution < 1.29 is 27.4 Å². The van der Waals surface area contributed by atoms with E-state index in [1.165, 1.54) is 14.2 Å². The molecule has 2 heterocycles. The van der Waals surface area contributed by atoms with Crippen molar-refractivity contribution in [2.45, 2.75) is 76.4 Å². The Morgan fingerprint density at radius 2 is 1.65 bits per heavy atom. The molecule has 12 nitrogen and oxygen atoms in total. The van der Waals surface area contributed by atoms with E-state index < -0.39 is 21.4 Å². The minimum absolute atomic E-state index is 0.000440. The van der Waals surface area contributed by atoms with Gasteiger partial charge in [0, 0.05) is 25.4 Å². The Hall–Kier alpha value is -3.29. The van der Waals surface area contributed by atoms with Crippen molar-refractivity contribution in [3.05, 3.63) is 47.8 Å². The lowest BCUT2D eigenvalue weighted by molar-refractivity contribution is 0.00152. The average molecular weight is 575 g/mol. The number of aryl methyl sites for hydroxylation is 1. The molecule has 4 rings (SSSR count). The van der Waals surface area contributed by atoms with Gasteiger partial charge in [-0.15, -0.1) is 10.2 Å². The Balaban J connectivity index is 1.81. The molecule has 13 heteroatoms. The number of methoxy groups -OCH3 is 3. The summed E-state index contributed by atoms with van der Waals surface area (Å²) in [7, 11) is 0.639. The minimum Gasteiger partial charge on any atom is -0.494 e. The van der Waals surface area contributed by atoms with Gasteiger partial charge in [0.1, 0.15) is 34.4 Å². The molecular weight excluding hydrogens is 536 g/mol. The van der Waals surface area contributed by atoms with Crippen LogP contribution >= 0.6 is 0 Å². The second-order valence-electron chi connectivity index (χ2n) is 10.1. The lowest BCUT2D eigenvalue weighted by Crippen LogP contribution is -2.35. The second-order valence-corrected chi connectivity index (χ2v) is 12.2. The topological polar surface area (TPSA) is 140 Å². The van der Waals surface area contributed by atoms with Crippen molar-refractivity contribution in [2.24, 2.45) is 0 Å². The zero-order valence-electron chi connectivity index (χ0n) is 24.0. The number of aromatic nitrogens is 5. The number of anilines is 1. The largest absolute Gasteiger partial charge is 0.494 e. The Morgan fingerprint density at radius 3 is 2.23 bits per heavy atom. The number of rotatable bonds is 12. The molecule has 0 aliphatic heterocycles. The molecule has 1 aliphatic carbocycles. The summed E-state index contributed by atoms with van der Waals surface area (Å²) in [6, 6.07) is 5.33. The lowest BCUT2D eigenvalue weighted by Gasteiger charge is -2.26. The third kappa shape index (κ3) is 6.06. The molecule has 2 aromatic heterocycles. The second kappa shape index (κ2) is 12.5. The van der Waals surface area contributed by atoms with Crippen LogP contribution in [-0.4, -0.2) is 71.9 Å². The summed E-state index contributed by atoms with van der Waals surface area (Å²) >= 11 is 0. The molecule has 0 radical (unpaired) electrons. The molecule has 1 fully saturated rings. The van der Waals surface area contributed by atoms with E-state index >= 15 is 0 Å². The van der Waals surface area contributed by atoms with E-state index in [4.69, 9.17) is 18.9 Å². The molecule has 3 aromatic rings. The number of benzene rings is 1. The highest BCUT2D eigenvalue weighted by Gasteiger charge is 2.38. The number of sulfonamides is 1. The summed E-state index contributed by atoms with van der Waals surface area (Å²) in [4.78, 5) is 8.70. The maximum atomic E-state index is 13.9. The van der Waals surface area contributed by atoms with E-state index in [0.29, 0.717) is 23.0 Å². The molecular formula is C27H38N6O6S. The van der Waals surface area contributed by atoms with Crippen molar-refractivity contribution in [1.82, 2.24) is 24.7 Å². The smallest absolute Gasteiger partial charge is 0.243 e. The summed E-state index contributed by atoms with van der Waals surface area (Å²) in [5.41, 5.74) is 1.34. The van der Waals surface area contributed by atoms with Gasteiger partial charge in [-0.1, -0.05) is 12.5 Å². The van der Waals surface area contributed by atoms with E-state index in [9.17, 15) is 8.42 Å². The number of para-hydroxylation sites is 1. The van der Waals surface area contributed by atoms with E-state index in [2.05, 4.69) is 24.9 Å². The van der Waals surface area contributed by atoms with E-state index in [1.54, 1.807) is 49.2 Å². The lowest BCUT2D eigenvalue weighted by atomic mass is 10.0. The van der Waals surface area contributed by atoms with Gasteiger partial charge in [-0.25, -0.2) is 18.4 Å². The number of hydrogen-bond donors (Lipinski definition) is 1. The summed E-state index contributed by atoms with van der Waals surface area (Å²) in [5.74, 6) is 1.65.